The molecule has 0 fully saturated rings. The van der Waals surface area contributed by atoms with Crippen molar-refractivity contribution in [1.82, 2.24) is 0 Å². The summed E-state index contributed by atoms with van der Waals surface area (Å²) in [5.74, 6) is -0.377. The first-order valence-electron chi connectivity index (χ1n) is 8.95. The van der Waals surface area contributed by atoms with E-state index < -0.39 is 25.1 Å². The second-order valence-corrected chi connectivity index (χ2v) is 8.69. The van der Waals surface area contributed by atoms with E-state index >= 15 is 0 Å². The third-order valence-electron chi connectivity index (χ3n) is 4.48. The van der Waals surface area contributed by atoms with E-state index in [0.717, 1.165) is 29.7 Å². The summed E-state index contributed by atoms with van der Waals surface area (Å²) in [5, 5.41) is 13.4. The van der Waals surface area contributed by atoms with Crippen LogP contribution >= 0.6 is 34.5 Å². The molecule has 1 amide bonds. The topological polar surface area (TPSA) is 88.4 Å². The van der Waals surface area contributed by atoms with E-state index in [-0.39, 0.29) is 10.8 Å². The van der Waals surface area contributed by atoms with Crippen molar-refractivity contribution in [1.29, 1.82) is 5.26 Å². The van der Waals surface area contributed by atoms with Gasteiger partial charge in [-0.2, -0.15) is 5.26 Å². The monoisotopic (exact) mass is 452 g/mol. The molecule has 0 saturated carbocycles. The lowest BCUT2D eigenvalue weighted by Gasteiger charge is -2.17. The van der Waals surface area contributed by atoms with E-state index in [9.17, 15) is 14.9 Å². The van der Waals surface area contributed by atoms with Gasteiger partial charge in [0.2, 0.25) is 0 Å². The average Bonchev–Trinajstić information content (AvgIpc) is 3.01. The number of esters is 1. The van der Waals surface area contributed by atoms with Crippen LogP contribution in [-0.2, 0) is 27.2 Å². The standard InChI is InChI=1S/C20H18Cl2N2O4S/c1-11-2-4-13-14(8-23)20(29-17(13)6-11)24-18(25)9-28-19(26)10-27-16-5-3-12(21)7-15(16)22/h3,5,7,11H,2,4,6,9-10H2,1H3,(H,24,25). The summed E-state index contributed by atoms with van der Waals surface area (Å²) in [6.07, 6.45) is 2.77. The van der Waals surface area contributed by atoms with Gasteiger partial charge in [0, 0.05) is 9.90 Å². The molecule has 0 spiro atoms. The molecule has 2 aromatic rings. The first-order valence-corrected chi connectivity index (χ1v) is 10.5. The summed E-state index contributed by atoms with van der Waals surface area (Å²) >= 11 is 13.2. The molecule has 6 nitrogen and oxygen atoms in total. The van der Waals surface area contributed by atoms with Gasteiger partial charge < -0.3 is 14.8 Å². The minimum absolute atomic E-state index is 0.267. The number of halogens is 2. The van der Waals surface area contributed by atoms with Crippen LogP contribution in [0.15, 0.2) is 18.2 Å². The smallest absolute Gasteiger partial charge is 0.344 e. The Hall–Kier alpha value is -2.27. The van der Waals surface area contributed by atoms with Gasteiger partial charge >= 0.3 is 5.97 Å². The first-order chi connectivity index (χ1) is 13.9. The lowest BCUT2D eigenvalue weighted by molar-refractivity contribution is -0.149. The van der Waals surface area contributed by atoms with Crippen molar-refractivity contribution in [3.05, 3.63) is 44.2 Å². The molecule has 1 aromatic carbocycles. The molecule has 152 valence electrons. The minimum atomic E-state index is -0.717. The third-order valence-corrected chi connectivity index (χ3v) is 6.18. The molecule has 1 unspecified atom stereocenters. The van der Waals surface area contributed by atoms with E-state index in [0.29, 0.717) is 21.5 Å². The molecule has 0 saturated heterocycles. The van der Waals surface area contributed by atoms with E-state index in [1.165, 1.54) is 23.5 Å². The molecular weight excluding hydrogens is 435 g/mol. The predicted molar refractivity (Wildman–Crippen MR) is 112 cm³/mol. The van der Waals surface area contributed by atoms with Crippen LogP contribution < -0.4 is 10.1 Å². The second-order valence-electron chi connectivity index (χ2n) is 6.74. The van der Waals surface area contributed by atoms with Gasteiger partial charge in [-0.05, 0) is 48.9 Å². The average molecular weight is 453 g/mol. The number of ether oxygens (including phenoxy) is 2. The van der Waals surface area contributed by atoms with Gasteiger partial charge in [-0.1, -0.05) is 30.1 Å². The van der Waals surface area contributed by atoms with Gasteiger partial charge in [-0.25, -0.2) is 4.79 Å². The number of rotatable bonds is 6. The predicted octanol–water partition coefficient (Wildman–Crippen LogP) is 4.61. The number of carbonyl (C=O) groups excluding carboxylic acids is 2. The molecule has 0 bridgehead atoms. The Balaban J connectivity index is 1.51. The van der Waals surface area contributed by atoms with Crippen LogP contribution in [0.3, 0.4) is 0 Å². The third kappa shape index (κ3) is 5.41. The molecule has 1 aliphatic rings. The highest BCUT2D eigenvalue weighted by Gasteiger charge is 2.24. The lowest BCUT2D eigenvalue weighted by atomic mass is 9.89. The van der Waals surface area contributed by atoms with E-state index in [4.69, 9.17) is 32.7 Å². The zero-order valence-electron chi connectivity index (χ0n) is 15.6. The number of nitrogens with one attached hydrogen (secondary N) is 1. The summed E-state index contributed by atoms with van der Waals surface area (Å²) in [6, 6.07) is 6.79. The Morgan fingerprint density at radius 3 is 2.86 bits per heavy atom. The van der Waals surface area contributed by atoms with Crippen LogP contribution in [0.4, 0.5) is 5.00 Å². The summed E-state index contributed by atoms with van der Waals surface area (Å²) in [7, 11) is 0. The number of thiophene rings is 1. The maximum absolute atomic E-state index is 12.2. The molecule has 1 aromatic heterocycles. The molecule has 29 heavy (non-hydrogen) atoms. The van der Waals surface area contributed by atoms with Gasteiger partial charge in [-0.3, -0.25) is 4.79 Å². The zero-order chi connectivity index (χ0) is 21.0. The highest BCUT2D eigenvalue weighted by Crippen LogP contribution is 2.39. The van der Waals surface area contributed by atoms with Crippen LogP contribution in [0.2, 0.25) is 10.0 Å². The van der Waals surface area contributed by atoms with Crippen molar-refractivity contribution < 1.29 is 19.1 Å². The Labute approximate surface area is 182 Å². The number of hydrogen-bond acceptors (Lipinski definition) is 6. The number of fused-ring (bicyclic) bond motifs is 1. The number of anilines is 1. The highest BCUT2D eigenvalue weighted by atomic mass is 35.5. The quantitative estimate of drug-likeness (QED) is 0.646. The zero-order valence-corrected chi connectivity index (χ0v) is 17.9. The van der Waals surface area contributed by atoms with Crippen LogP contribution in [-0.4, -0.2) is 25.1 Å². The summed E-state index contributed by atoms with van der Waals surface area (Å²) in [6.45, 7) is 1.30. The van der Waals surface area contributed by atoms with E-state index in [1.807, 2.05) is 0 Å². The van der Waals surface area contributed by atoms with Crippen LogP contribution in [0.5, 0.6) is 5.75 Å². The Bertz CT molecular complexity index is 984. The van der Waals surface area contributed by atoms with Crippen LogP contribution in [0.25, 0.3) is 0 Å². The molecule has 1 heterocycles. The van der Waals surface area contributed by atoms with Crippen molar-refractivity contribution in [2.24, 2.45) is 5.92 Å². The molecule has 1 atom stereocenters. The van der Waals surface area contributed by atoms with Gasteiger partial charge in [0.25, 0.3) is 5.91 Å². The summed E-state index contributed by atoms with van der Waals surface area (Å²) in [5.41, 5.74) is 1.54. The minimum Gasteiger partial charge on any atom is -0.480 e. The van der Waals surface area contributed by atoms with Gasteiger partial charge in [0.1, 0.15) is 16.8 Å². The molecule has 3 rings (SSSR count). The van der Waals surface area contributed by atoms with Crippen molar-refractivity contribution in [3.8, 4) is 11.8 Å². The normalized spacial score (nSPS) is 15.2. The van der Waals surface area contributed by atoms with Gasteiger partial charge in [0.05, 0.1) is 10.6 Å². The van der Waals surface area contributed by atoms with E-state index in [2.05, 4.69) is 18.3 Å². The molecule has 0 aliphatic heterocycles. The molecule has 1 N–H and O–H groups in total. The number of hydrogen-bond donors (Lipinski definition) is 1. The molecule has 0 radical (unpaired) electrons. The lowest BCUT2D eigenvalue weighted by Crippen LogP contribution is -2.23. The van der Waals surface area contributed by atoms with Crippen molar-refractivity contribution >= 4 is 51.4 Å². The number of carbonyl (C=O) groups is 2. The van der Waals surface area contributed by atoms with Crippen molar-refractivity contribution in [3.63, 3.8) is 0 Å². The molecule has 1 aliphatic carbocycles. The number of nitriles is 1. The number of nitrogens with zero attached hydrogens (tertiary/aromatic N) is 1. The van der Waals surface area contributed by atoms with Crippen molar-refractivity contribution in [2.45, 2.75) is 26.2 Å². The van der Waals surface area contributed by atoms with Crippen LogP contribution in [0, 0.1) is 17.2 Å². The number of benzene rings is 1. The maximum Gasteiger partial charge on any atom is 0.344 e. The van der Waals surface area contributed by atoms with E-state index in [1.54, 1.807) is 6.07 Å². The molecular formula is C20H18Cl2N2O4S. The maximum atomic E-state index is 12.2. The van der Waals surface area contributed by atoms with Gasteiger partial charge in [-0.15, -0.1) is 11.3 Å². The fraction of sp³-hybridized carbons (Fsp3) is 0.350. The Morgan fingerprint density at radius 1 is 1.34 bits per heavy atom. The van der Waals surface area contributed by atoms with Crippen LogP contribution in [0.1, 0.15) is 29.3 Å². The fourth-order valence-electron chi connectivity index (χ4n) is 3.04. The number of amides is 1. The Morgan fingerprint density at radius 2 is 2.14 bits per heavy atom. The Kier molecular flexibility index (Phi) is 7.01. The molecule has 9 heteroatoms. The largest absolute Gasteiger partial charge is 0.480 e. The van der Waals surface area contributed by atoms with Crippen molar-refractivity contribution in [2.75, 3.05) is 18.5 Å². The highest BCUT2D eigenvalue weighted by molar-refractivity contribution is 7.16. The SMILES string of the molecule is CC1CCc2c(sc(NC(=O)COC(=O)COc3ccc(Cl)cc3Cl)c2C#N)C1. The first kappa shape index (κ1) is 21.4. The second kappa shape index (κ2) is 9.49. The summed E-state index contributed by atoms with van der Waals surface area (Å²) in [4.78, 5) is 25.1. The fourth-order valence-corrected chi connectivity index (χ4v) is 4.88. The van der Waals surface area contributed by atoms with Gasteiger partial charge in [0.15, 0.2) is 13.2 Å². The summed E-state index contributed by atoms with van der Waals surface area (Å²) < 4.78 is 10.2.